The Kier molecular flexibility index (Phi) is 7.39. The molecule has 0 aliphatic heterocycles. The Bertz CT molecular complexity index is 279. The summed E-state index contributed by atoms with van der Waals surface area (Å²) in [6, 6.07) is 1.50. The molecule has 22 heavy (non-hydrogen) atoms. The van der Waals surface area contributed by atoms with Crippen molar-refractivity contribution in [1.82, 2.24) is 9.80 Å². The molecule has 0 aromatic carbocycles. The van der Waals surface area contributed by atoms with Gasteiger partial charge in [-0.05, 0) is 63.7 Å². The number of likely N-dealkylation sites (N-methyl/N-ethyl adjacent to an activating group) is 2. The molecular formula is C20H42N2. The summed E-state index contributed by atoms with van der Waals surface area (Å²) in [5, 5.41) is 0. The second-order valence-corrected chi connectivity index (χ2v) is 10.0. The molecule has 0 N–H and O–H groups in total. The van der Waals surface area contributed by atoms with Crippen molar-refractivity contribution >= 4 is 0 Å². The zero-order chi connectivity index (χ0) is 17.0. The van der Waals surface area contributed by atoms with E-state index in [9.17, 15) is 0 Å². The van der Waals surface area contributed by atoms with Crippen LogP contribution < -0.4 is 0 Å². The van der Waals surface area contributed by atoms with Crippen LogP contribution in [0.15, 0.2) is 0 Å². The summed E-state index contributed by atoms with van der Waals surface area (Å²) >= 11 is 0. The van der Waals surface area contributed by atoms with Crippen molar-refractivity contribution in [2.75, 3.05) is 27.2 Å². The van der Waals surface area contributed by atoms with E-state index in [0.29, 0.717) is 10.8 Å². The lowest BCUT2D eigenvalue weighted by atomic mass is 9.86. The molecule has 0 bridgehead atoms. The van der Waals surface area contributed by atoms with Crippen LogP contribution in [0.3, 0.4) is 0 Å². The van der Waals surface area contributed by atoms with Crippen LogP contribution in [0.5, 0.6) is 0 Å². The second kappa shape index (κ2) is 8.15. The van der Waals surface area contributed by atoms with Crippen molar-refractivity contribution in [3.63, 3.8) is 0 Å². The molecule has 0 aromatic heterocycles. The van der Waals surface area contributed by atoms with Gasteiger partial charge in [-0.15, -0.1) is 0 Å². The normalized spacial score (nSPS) is 24.3. The molecule has 0 spiro atoms. The molecule has 1 aliphatic carbocycles. The molecule has 0 radical (unpaired) electrons. The van der Waals surface area contributed by atoms with Gasteiger partial charge in [-0.2, -0.15) is 0 Å². The van der Waals surface area contributed by atoms with Crippen molar-refractivity contribution in [3.8, 4) is 0 Å². The van der Waals surface area contributed by atoms with Crippen molar-refractivity contribution in [1.29, 1.82) is 0 Å². The first-order chi connectivity index (χ1) is 9.99. The highest BCUT2D eigenvalue weighted by Crippen LogP contribution is 2.29. The predicted molar refractivity (Wildman–Crippen MR) is 99.4 cm³/mol. The Balaban J connectivity index is 2.58. The summed E-state index contributed by atoms with van der Waals surface area (Å²) in [6.07, 6.45) is 8.16. The molecule has 2 heteroatoms. The Labute approximate surface area is 140 Å². The molecule has 0 heterocycles. The Morgan fingerprint density at radius 2 is 1.00 bits per heavy atom. The quantitative estimate of drug-likeness (QED) is 0.678. The predicted octanol–water partition coefficient (Wildman–Crippen LogP) is 5.03. The second-order valence-electron chi connectivity index (χ2n) is 10.0. The van der Waals surface area contributed by atoms with Gasteiger partial charge in [0.25, 0.3) is 0 Å². The van der Waals surface area contributed by atoms with E-state index < -0.39 is 0 Å². The number of rotatable bonds is 6. The van der Waals surface area contributed by atoms with E-state index in [2.05, 4.69) is 65.4 Å². The van der Waals surface area contributed by atoms with E-state index in [-0.39, 0.29) is 0 Å². The first-order valence-corrected chi connectivity index (χ1v) is 9.40. The van der Waals surface area contributed by atoms with E-state index >= 15 is 0 Å². The largest absolute Gasteiger partial charge is 0.302 e. The van der Waals surface area contributed by atoms with Crippen LogP contribution in [-0.2, 0) is 0 Å². The lowest BCUT2D eigenvalue weighted by Gasteiger charge is -2.43. The maximum atomic E-state index is 2.66. The minimum Gasteiger partial charge on any atom is -0.302 e. The van der Waals surface area contributed by atoms with Gasteiger partial charge in [0.15, 0.2) is 0 Å². The fourth-order valence-electron chi connectivity index (χ4n) is 3.48. The highest BCUT2D eigenvalue weighted by atomic mass is 15.2. The third kappa shape index (κ3) is 7.46. The van der Waals surface area contributed by atoms with Crippen molar-refractivity contribution in [2.45, 2.75) is 92.2 Å². The maximum absolute atomic E-state index is 2.66. The summed E-state index contributed by atoms with van der Waals surface area (Å²) in [6.45, 7) is 16.6. The standard InChI is InChI=1S/C20H42N2/c1-19(2,3)13-15-21(7)17-11-9-10-12-18(17)22(8)16-14-20(4,5)6/h17-18H,9-16H2,1-8H3/t17-,18-/m0/s1. The van der Waals surface area contributed by atoms with Gasteiger partial charge in [-0.3, -0.25) is 0 Å². The van der Waals surface area contributed by atoms with Crippen LogP contribution >= 0.6 is 0 Å². The number of nitrogens with zero attached hydrogens (tertiary/aromatic N) is 2. The van der Waals surface area contributed by atoms with Crippen LogP contribution in [0.2, 0.25) is 0 Å². The molecule has 0 unspecified atom stereocenters. The van der Waals surface area contributed by atoms with Gasteiger partial charge in [0.2, 0.25) is 0 Å². The monoisotopic (exact) mass is 310 g/mol. The van der Waals surface area contributed by atoms with E-state index in [0.717, 1.165) is 12.1 Å². The Hall–Kier alpha value is -0.0800. The summed E-state index contributed by atoms with van der Waals surface area (Å²) < 4.78 is 0. The lowest BCUT2D eigenvalue weighted by Crippen LogP contribution is -2.52. The summed E-state index contributed by atoms with van der Waals surface area (Å²) in [4.78, 5) is 5.31. The van der Waals surface area contributed by atoms with Crippen LogP contribution in [0, 0.1) is 10.8 Å². The Morgan fingerprint density at radius 1 is 0.682 bits per heavy atom. The minimum atomic E-state index is 0.441. The van der Waals surface area contributed by atoms with E-state index in [4.69, 9.17) is 0 Å². The molecule has 0 aromatic rings. The molecule has 2 atom stereocenters. The fraction of sp³-hybridized carbons (Fsp3) is 1.00. The van der Waals surface area contributed by atoms with E-state index in [1.54, 1.807) is 0 Å². The summed E-state index contributed by atoms with van der Waals surface area (Å²) in [5.74, 6) is 0. The third-order valence-electron chi connectivity index (χ3n) is 5.26. The SMILES string of the molecule is CN(CCC(C)(C)C)[C@H]1CCCC[C@@H]1N(C)CCC(C)(C)C. The zero-order valence-electron chi connectivity index (χ0n) is 16.7. The van der Waals surface area contributed by atoms with Crippen LogP contribution in [0.25, 0.3) is 0 Å². The van der Waals surface area contributed by atoms with E-state index in [1.807, 2.05) is 0 Å². The van der Waals surface area contributed by atoms with Gasteiger partial charge in [-0.25, -0.2) is 0 Å². The van der Waals surface area contributed by atoms with Gasteiger partial charge in [0, 0.05) is 12.1 Å². The van der Waals surface area contributed by atoms with Crippen LogP contribution in [-0.4, -0.2) is 49.1 Å². The molecule has 0 saturated heterocycles. The van der Waals surface area contributed by atoms with Gasteiger partial charge >= 0.3 is 0 Å². The van der Waals surface area contributed by atoms with Crippen molar-refractivity contribution in [3.05, 3.63) is 0 Å². The first-order valence-electron chi connectivity index (χ1n) is 9.40. The molecule has 132 valence electrons. The summed E-state index contributed by atoms with van der Waals surface area (Å²) in [7, 11) is 4.71. The van der Waals surface area contributed by atoms with Crippen molar-refractivity contribution in [2.24, 2.45) is 10.8 Å². The average Bonchev–Trinajstić information content (AvgIpc) is 2.40. The zero-order valence-corrected chi connectivity index (χ0v) is 16.7. The Morgan fingerprint density at radius 3 is 1.27 bits per heavy atom. The van der Waals surface area contributed by atoms with Gasteiger partial charge in [-0.1, -0.05) is 54.4 Å². The molecular weight excluding hydrogens is 268 g/mol. The maximum Gasteiger partial charge on any atom is 0.0248 e. The van der Waals surface area contributed by atoms with Gasteiger partial charge in [0.05, 0.1) is 0 Å². The van der Waals surface area contributed by atoms with Crippen molar-refractivity contribution < 1.29 is 0 Å². The molecule has 1 rings (SSSR count). The van der Waals surface area contributed by atoms with Crippen LogP contribution in [0.1, 0.15) is 80.1 Å². The average molecular weight is 311 g/mol. The molecule has 1 aliphatic rings. The topological polar surface area (TPSA) is 6.48 Å². The van der Waals surface area contributed by atoms with Gasteiger partial charge in [0.1, 0.15) is 0 Å². The van der Waals surface area contributed by atoms with Gasteiger partial charge < -0.3 is 9.80 Å². The van der Waals surface area contributed by atoms with E-state index in [1.165, 1.54) is 51.6 Å². The minimum absolute atomic E-state index is 0.441. The summed E-state index contributed by atoms with van der Waals surface area (Å²) in [5.41, 5.74) is 0.882. The number of hydrogen-bond donors (Lipinski definition) is 0. The first kappa shape index (κ1) is 20.0. The fourth-order valence-corrected chi connectivity index (χ4v) is 3.48. The molecule has 0 amide bonds. The molecule has 1 saturated carbocycles. The lowest BCUT2D eigenvalue weighted by molar-refractivity contribution is 0.0655. The van der Waals surface area contributed by atoms with Crippen LogP contribution in [0.4, 0.5) is 0 Å². The molecule has 2 nitrogen and oxygen atoms in total. The highest BCUT2D eigenvalue weighted by Gasteiger charge is 2.31. The smallest absolute Gasteiger partial charge is 0.0248 e. The number of hydrogen-bond acceptors (Lipinski definition) is 2. The molecule has 1 fully saturated rings. The highest BCUT2D eigenvalue weighted by molar-refractivity contribution is 4.88. The third-order valence-corrected chi connectivity index (χ3v) is 5.26.